The highest BCUT2D eigenvalue weighted by Gasteiger charge is 2.29. The smallest absolute Gasteiger partial charge is 0.236 e. The van der Waals surface area contributed by atoms with Gasteiger partial charge < -0.3 is 9.80 Å². The van der Waals surface area contributed by atoms with E-state index in [0.29, 0.717) is 12.6 Å². The molecule has 0 radical (unpaired) electrons. The molecule has 2 aliphatic rings. The van der Waals surface area contributed by atoms with Crippen molar-refractivity contribution in [1.29, 1.82) is 0 Å². The first kappa shape index (κ1) is 18.2. The van der Waals surface area contributed by atoms with Gasteiger partial charge in [0.15, 0.2) is 0 Å². The van der Waals surface area contributed by atoms with Crippen molar-refractivity contribution in [2.75, 3.05) is 40.3 Å². The van der Waals surface area contributed by atoms with Gasteiger partial charge in [-0.15, -0.1) is 0 Å². The molecule has 23 heavy (non-hydrogen) atoms. The summed E-state index contributed by atoms with van der Waals surface area (Å²) in [6.07, 6.45) is 7.91. The number of likely N-dealkylation sites (tertiary alicyclic amines) is 1. The quantitative estimate of drug-likeness (QED) is 0.777. The predicted molar refractivity (Wildman–Crippen MR) is 92.1 cm³/mol. The Balaban J connectivity index is 1.80. The van der Waals surface area contributed by atoms with Crippen molar-refractivity contribution >= 4 is 11.8 Å². The second-order valence-corrected chi connectivity index (χ2v) is 7.25. The molecule has 0 atom stereocenters. The first-order valence-corrected chi connectivity index (χ1v) is 9.26. The molecular formula is C18H33N3O2. The Kier molecular flexibility index (Phi) is 6.88. The van der Waals surface area contributed by atoms with E-state index in [0.717, 1.165) is 32.5 Å². The third-order valence-corrected chi connectivity index (χ3v) is 5.41. The van der Waals surface area contributed by atoms with E-state index < -0.39 is 0 Å². The molecule has 1 saturated heterocycles. The van der Waals surface area contributed by atoms with Gasteiger partial charge in [0.25, 0.3) is 0 Å². The number of amides is 2. The molecule has 0 aromatic rings. The van der Waals surface area contributed by atoms with Crippen molar-refractivity contribution in [3.63, 3.8) is 0 Å². The number of hydrogen-bond donors (Lipinski definition) is 0. The van der Waals surface area contributed by atoms with E-state index in [1.165, 1.54) is 32.1 Å². The molecule has 5 heteroatoms. The van der Waals surface area contributed by atoms with Crippen molar-refractivity contribution in [2.45, 2.75) is 57.9 Å². The summed E-state index contributed by atoms with van der Waals surface area (Å²) in [7, 11) is 3.64. The van der Waals surface area contributed by atoms with Gasteiger partial charge in [0.05, 0.1) is 6.54 Å². The zero-order valence-electron chi connectivity index (χ0n) is 15.1. The lowest BCUT2D eigenvalue weighted by Gasteiger charge is -2.37. The summed E-state index contributed by atoms with van der Waals surface area (Å²) in [5, 5.41) is 0. The number of rotatable bonds is 5. The van der Waals surface area contributed by atoms with Crippen LogP contribution in [0.15, 0.2) is 0 Å². The first-order chi connectivity index (χ1) is 11.0. The molecule has 0 bridgehead atoms. The predicted octanol–water partition coefficient (Wildman–Crippen LogP) is 1.97. The maximum absolute atomic E-state index is 12.7. The van der Waals surface area contributed by atoms with Gasteiger partial charge >= 0.3 is 0 Å². The van der Waals surface area contributed by atoms with Crippen molar-refractivity contribution in [3.8, 4) is 0 Å². The fraction of sp³-hybridized carbons (Fsp3) is 0.889. The molecule has 132 valence electrons. The molecule has 0 N–H and O–H groups in total. The van der Waals surface area contributed by atoms with Crippen LogP contribution in [0.2, 0.25) is 0 Å². The van der Waals surface area contributed by atoms with E-state index in [-0.39, 0.29) is 17.7 Å². The van der Waals surface area contributed by atoms with E-state index in [4.69, 9.17) is 0 Å². The van der Waals surface area contributed by atoms with Gasteiger partial charge in [-0.1, -0.05) is 19.3 Å². The van der Waals surface area contributed by atoms with Gasteiger partial charge in [-0.3, -0.25) is 14.5 Å². The Hall–Kier alpha value is -1.10. The number of nitrogens with zero attached hydrogens (tertiary/aromatic N) is 3. The normalized spacial score (nSPS) is 21.2. The van der Waals surface area contributed by atoms with Gasteiger partial charge in [0, 0.05) is 32.6 Å². The van der Waals surface area contributed by atoms with Crippen LogP contribution in [-0.2, 0) is 9.59 Å². The first-order valence-electron chi connectivity index (χ1n) is 9.26. The highest BCUT2D eigenvalue weighted by atomic mass is 16.2. The molecule has 0 aromatic heterocycles. The maximum atomic E-state index is 12.7. The number of carbonyl (C=O) groups excluding carboxylic acids is 2. The molecule has 1 aliphatic carbocycles. The minimum absolute atomic E-state index is 0.136. The average molecular weight is 323 g/mol. The largest absolute Gasteiger partial charge is 0.349 e. The summed E-state index contributed by atoms with van der Waals surface area (Å²) in [4.78, 5) is 30.7. The van der Waals surface area contributed by atoms with E-state index in [1.54, 1.807) is 4.90 Å². The summed E-state index contributed by atoms with van der Waals surface area (Å²) in [6.45, 7) is 5.15. The van der Waals surface area contributed by atoms with E-state index in [2.05, 4.69) is 16.7 Å². The summed E-state index contributed by atoms with van der Waals surface area (Å²) in [5.41, 5.74) is 0. The third kappa shape index (κ3) is 4.93. The Bertz CT molecular complexity index is 397. The summed E-state index contributed by atoms with van der Waals surface area (Å²) in [5.74, 6) is 0.641. The van der Waals surface area contributed by atoms with Crippen molar-refractivity contribution < 1.29 is 9.59 Å². The number of piperidine rings is 1. The molecule has 1 aliphatic heterocycles. The van der Waals surface area contributed by atoms with Gasteiger partial charge in [0.1, 0.15) is 0 Å². The van der Waals surface area contributed by atoms with E-state index >= 15 is 0 Å². The minimum atomic E-state index is 0.136. The van der Waals surface area contributed by atoms with Crippen LogP contribution in [0.3, 0.4) is 0 Å². The van der Waals surface area contributed by atoms with Crippen LogP contribution in [0.25, 0.3) is 0 Å². The molecule has 0 spiro atoms. The molecule has 1 saturated carbocycles. The molecule has 2 amide bonds. The van der Waals surface area contributed by atoms with Crippen LogP contribution in [0.5, 0.6) is 0 Å². The Morgan fingerprint density at radius 3 is 2.13 bits per heavy atom. The topological polar surface area (TPSA) is 43.9 Å². The fourth-order valence-corrected chi connectivity index (χ4v) is 4.02. The number of likely N-dealkylation sites (N-methyl/N-ethyl adjacent to an activating group) is 1. The Morgan fingerprint density at radius 2 is 1.61 bits per heavy atom. The van der Waals surface area contributed by atoms with Crippen LogP contribution in [0, 0.1) is 5.92 Å². The van der Waals surface area contributed by atoms with Gasteiger partial charge in [-0.05, 0) is 45.7 Å². The number of carbonyl (C=O) groups is 2. The lowest BCUT2D eigenvalue weighted by Crippen LogP contribution is -2.48. The molecular weight excluding hydrogens is 290 g/mol. The number of hydrogen-bond acceptors (Lipinski definition) is 3. The van der Waals surface area contributed by atoms with E-state index in [9.17, 15) is 9.59 Å². The van der Waals surface area contributed by atoms with Crippen LogP contribution >= 0.6 is 0 Å². The lowest BCUT2D eigenvalue weighted by atomic mass is 9.93. The van der Waals surface area contributed by atoms with E-state index in [1.807, 2.05) is 14.1 Å². The molecule has 2 fully saturated rings. The molecule has 0 aromatic carbocycles. The van der Waals surface area contributed by atoms with Crippen LogP contribution in [0.1, 0.15) is 51.9 Å². The van der Waals surface area contributed by atoms with Crippen molar-refractivity contribution in [2.24, 2.45) is 5.92 Å². The molecule has 2 rings (SSSR count). The summed E-state index contributed by atoms with van der Waals surface area (Å²) < 4.78 is 0. The zero-order valence-corrected chi connectivity index (χ0v) is 15.1. The highest BCUT2D eigenvalue weighted by molar-refractivity contribution is 5.79. The monoisotopic (exact) mass is 323 g/mol. The minimum Gasteiger partial charge on any atom is -0.349 e. The van der Waals surface area contributed by atoms with Crippen LogP contribution in [0.4, 0.5) is 0 Å². The Morgan fingerprint density at radius 1 is 1.00 bits per heavy atom. The SMILES string of the molecule is CCN(C(=O)CN1CCC(C(=O)N(C)C)CC1)C1CCCCC1. The zero-order chi connectivity index (χ0) is 16.8. The van der Waals surface area contributed by atoms with Crippen molar-refractivity contribution in [1.82, 2.24) is 14.7 Å². The lowest BCUT2D eigenvalue weighted by molar-refractivity contribution is -0.136. The van der Waals surface area contributed by atoms with Crippen LogP contribution < -0.4 is 0 Å². The molecule has 5 nitrogen and oxygen atoms in total. The van der Waals surface area contributed by atoms with Gasteiger partial charge in [-0.2, -0.15) is 0 Å². The fourth-order valence-electron chi connectivity index (χ4n) is 4.02. The summed E-state index contributed by atoms with van der Waals surface area (Å²) in [6, 6.07) is 0.453. The second-order valence-electron chi connectivity index (χ2n) is 7.25. The highest BCUT2D eigenvalue weighted by Crippen LogP contribution is 2.23. The average Bonchev–Trinajstić information content (AvgIpc) is 2.56. The molecule has 1 heterocycles. The second kappa shape index (κ2) is 8.67. The Labute approximate surface area is 141 Å². The van der Waals surface area contributed by atoms with Crippen molar-refractivity contribution in [3.05, 3.63) is 0 Å². The van der Waals surface area contributed by atoms with Gasteiger partial charge in [0.2, 0.25) is 11.8 Å². The molecule has 0 unspecified atom stereocenters. The summed E-state index contributed by atoms with van der Waals surface area (Å²) >= 11 is 0. The third-order valence-electron chi connectivity index (χ3n) is 5.41. The van der Waals surface area contributed by atoms with Crippen LogP contribution in [-0.4, -0.2) is 72.8 Å². The van der Waals surface area contributed by atoms with Gasteiger partial charge in [-0.25, -0.2) is 0 Å². The maximum Gasteiger partial charge on any atom is 0.236 e. The standard InChI is InChI=1S/C18H33N3O2/c1-4-21(16-8-6-5-7-9-16)17(22)14-20-12-10-15(11-13-20)18(23)19(2)3/h15-16H,4-14H2,1-3H3.